The van der Waals surface area contributed by atoms with Gasteiger partial charge in [-0.15, -0.1) is 0 Å². The molecule has 0 unspecified atom stereocenters. The molecule has 2 heterocycles. The monoisotopic (exact) mass is 547 g/mol. The number of thiazole rings is 1. The van der Waals surface area contributed by atoms with Gasteiger partial charge in [-0.25, -0.2) is 4.99 Å². The van der Waals surface area contributed by atoms with E-state index < -0.39 is 24.1 Å². The molecule has 0 saturated heterocycles. The van der Waals surface area contributed by atoms with Crippen LogP contribution in [-0.4, -0.2) is 24.2 Å². The Morgan fingerprint density at radius 2 is 1.82 bits per heavy atom. The van der Waals surface area contributed by atoms with Gasteiger partial charge in [0.2, 0.25) is 0 Å². The fraction of sp³-hybridized carbons (Fsp3) is 0.138. The maximum atomic E-state index is 13.8. The normalized spacial score (nSPS) is 15.1. The van der Waals surface area contributed by atoms with Crippen molar-refractivity contribution in [1.29, 1.82) is 0 Å². The molecular weight excluding hydrogens is 524 g/mol. The third-order valence-corrected chi connectivity index (χ3v) is 7.11. The van der Waals surface area contributed by atoms with E-state index in [1.807, 2.05) is 12.1 Å². The summed E-state index contributed by atoms with van der Waals surface area (Å²) in [7, 11) is 1.54. The number of amides is 1. The first kappa shape index (κ1) is 26.1. The van der Waals surface area contributed by atoms with Crippen molar-refractivity contribution < 1.29 is 23.0 Å². The Hall–Kier alpha value is -4.57. The minimum atomic E-state index is -3.01. The second-order valence-electron chi connectivity index (χ2n) is 8.59. The average Bonchev–Trinajstić information content (AvgIpc) is 3.23. The van der Waals surface area contributed by atoms with Gasteiger partial charge in [-0.05, 0) is 48.9 Å². The van der Waals surface area contributed by atoms with Gasteiger partial charge in [-0.1, -0.05) is 59.9 Å². The summed E-state index contributed by atoms with van der Waals surface area (Å²) in [5.74, 6) is 0.104. The quantitative estimate of drug-likeness (QED) is 0.370. The van der Waals surface area contributed by atoms with Gasteiger partial charge < -0.3 is 14.8 Å². The molecular formula is C29H23F2N3O4S. The molecule has 1 aliphatic heterocycles. The molecule has 1 aromatic heterocycles. The lowest BCUT2D eigenvalue weighted by Crippen LogP contribution is -2.40. The predicted molar refractivity (Wildman–Crippen MR) is 145 cm³/mol. The number of fused-ring (bicyclic) bond motifs is 1. The SMILES string of the molecule is COc1cccc([C@H]2C(C(=O)Nc3ccccc3)=C(C)N=c3s/c(=C/c4ccccc4OC(F)F)c(=O)n32)c1. The van der Waals surface area contributed by atoms with E-state index >= 15 is 0 Å². The van der Waals surface area contributed by atoms with Gasteiger partial charge in [0.1, 0.15) is 11.5 Å². The lowest BCUT2D eigenvalue weighted by Gasteiger charge is -2.25. The van der Waals surface area contributed by atoms with Crippen LogP contribution in [0.2, 0.25) is 0 Å². The largest absolute Gasteiger partial charge is 0.497 e. The second-order valence-corrected chi connectivity index (χ2v) is 9.60. The molecule has 1 N–H and O–H groups in total. The van der Waals surface area contributed by atoms with E-state index in [1.165, 1.54) is 23.8 Å². The van der Waals surface area contributed by atoms with Crippen LogP contribution in [0.5, 0.6) is 11.5 Å². The first-order chi connectivity index (χ1) is 18.9. The van der Waals surface area contributed by atoms with Crippen molar-refractivity contribution in [2.24, 2.45) is 4.99 Å². The fourth-order valence-corrected chi connectivity index (χ4v) is 5.44. The van der Waals surface area contributed by atoms with E-state index in [4.69, 9.17) is 4.74 Å². The zero-order valence-corrected chi connectivity index (χ0v) is 21.7. The standard InChI is InChI=1S/C29H23F2N3O4S/c1-17-24(26(35)33-20-11-4-3-5-12-20)25(19-10-8-13-21(15-19)37-2)34-27(36)23(39-29(34)32-17)16-18-9-6-7-14-22(18)38-28(30)31/h3-16,25,28H,1-2H3,(H,33,35)/b23-16+/t25-/m0/s1. The number of rotatable bonds is 7. The Morgan fingerprint density at radius 3 is 2.56 bits per heavy atom. The van der Waals surface area contributed by atoms with Crippen LogP contribution in [0.15, 0.2) is 99.9 Å². The van der Waals surface area contributed by atoms with Crippen molar-refractivity contribution in [3.8, 4) is 11.5 Å². The minimum Gasteiger partial charge on any atom is -0.497 e. The molecule has 3 aromatic carbocycles. The summed E-state index contributed by atoms with van der Waals surface area (Å²) in [6.07, 6.45) is 1.49. The maximum absolute atomic E-state index is 13.8. The number of hydrogen-bond acceptors (Lipinski definition) is 6. The Morgan fingerprint density at radius 1 is 1.08 bits per heavy atom. The van der Waals surface area contributed by atoms with Crippen LogP contribution in [0.1, 0.15) is 24.1 Å². The summed E-state index contributed by atoms with van der Waals surface area (Å²) < 4.78 is 37.7. The molecule has 4 aromatic rings. The highest BCUT2D eigenvalue weighted by Gasteiger charge is 2.32. The number of aromatic nitrogens is 1. The van der Waals surface area contributed by atoms with Crippen molar-refractivity contribution in [3.63, 3.8) is 0 Å². The summed E-state index contributed by atoms with van der Waals surface area (Å²) in [5, 5.41) is 2.90. The van der Waals surface area contributed by atoms with E-state index in [2.05, 4.69) is 15.0 Å². The zero-order chi connectivity index (χ0) is 27.5. The molecule has 39 heavy (non-hydrogen) atoms. The van der Waals surface area contributed by atoms with Crippen LogP contribution in [0.4, 0.5) is 14.5 Å². The van der Waals surface area contributed by atoms with E-state index in [1.54, 1.807) is 67.6 Å². The number of methoxy groups -OCH3 is 1. The summed E-state index contributed by atoms with van der Waals surface area (Å²) >= 11 is 1.10. The second kappa shape index (κ2) is 11.0. The summed E-state index contributed by atoms with van der Waals surface area (Å²) in [6, 6.07) is 21.5. The Kier molecular flexibility index (Phi) is 7.38. The van der Waals surface area contributed by atoms with Crippen molar-refractivity contribution in [1.82, 2.24) is 4.57 Å². The summed E-state index contributed by atoms with van der Waals surface area (Å²) in [4.78, 5) is 32.4. The first-order valence-electron chi connectivity index (χ1n) is 11.9. The van der Waals surface area contributed by atoms with Crippen molar-refractivity contribution in [2.75, 3.05) is 12.4 Å². The average molecular weight is 548 g/mol. The fourth-order valence-electron chi connectivity index (χ4n) is 4.40. The molecule has 7 nitrogen and oxygen atoms in total. The molecule has 1 aliphatic rings. The van der Waals surface area contributed by atoms with Crippen LogP contribution < -0.4 is 29.7 Å². The third-order valence-electron chi connectivity index (χ3n) is 6.13. The molecule has 1 atom stereocenters. The van der Waals surface area contributed by atoms with Crippen molar-refractivity contribution >= 4 is 29.0 Å². The number of para-hydroxylation sites is 2. The highest BCUT2D eigenvalue weighted by Crippen LogP contribution is 2.32. The number of nitrogens with one attached hydrogen (secondary N) is 1. The summed E-state index contributed by atoms with van der Waals surface area (Å²) in [6.45, 7) is -1.29. The van der Waals surface area contributed by atoms with E-state index in [0.29, 0.717) is 38.6 Å². The van der Waals surface area contributed by atoms with Crippen LogP contribution in [0.25, 0.3) is 6.08 Å². The van der Waals surface area contributed by atoms with E-state index in [9.17, 15) is 18.4 Å². The van der Waals surface area contributed by atoms with Gasteiger partial charge in [0.25, 0.3) is 11.5 Å². The maximum Gasteiger partial charge on any atom is 0.387 e. The van der Waals surface area contributed by atoms with Gasteiger partial charge in [-0.2, -0.15) is 8.78 Å². The molecule has 1 amide bonds. The first-order valence-corrected chi connectivity index (χ1v) is 12.7. The van der Waals surface area contributed by atoms with Gasteiger partial charge in [0.15, 0.2) is 4.80 Å². The molecule has 0 bridgehead atoms. The number of halogens is 2. The topological polar surface area (TPSA) is 81.9 Å². The number of anilines is 1. The number of benzene rings is 3. The van der Waals surface area contributed by atoms with Gasteiger partial charge in [-0.3, -0.25) is 14.2 Å². The number of nitrogens with zero attached hydrogens (tertiary/aromatic N) is 2. The van der Waals surface area contributed by atoms with Crippen molar-refractivity contribution in [2.45, 2.75) is 19.6 Å². The van der Waals surface area contributed by atoms with Crippen LogP contribution in [0, 0.1) is 0 Å². The summed E-state index contributed by atoms with van der Waals surface area (Å²) in [5.41, 5.74) is 1.89. The number of alkyl halides is 2. The Bertz CT molecular complexity index is 1750. The number of carbonyl (C=O) groups excluding carboxylic acids is 1. The molecule has 0 radical (unpaired) electrons. The molecule has 0 fully saturated rings. The zero-order valence-electron chi connectivity index (χ0n) is 20.9. The van der Waals surface area contributed by atoms with Crippen LogP contribution in [-0.2, 0) is 4.79 Å². The molecule has 198 valence electrons. The molecule has 0 spiro atoms. The van der Waals surface area contributed by atoms with Crippen molar-refractivity contribution in [3.05, 3.63) is 121 Å². The van der Waals surface area contributed by atoms with Gasteiger partial charge in [0, 0.05) is 11.3 Å². The Labute approximate surface area is 226 Å². The number of ether oxygens (including phenoxy) is 2. The van der Waals surface area contributed by atoms with E-state index in [0.717, 1.165) is 11.3 Å². The molecule has 5 rings (SSSR count). The highest BCUT2D eigenvalue weighted by molar-refractivity contribution is 7.07. The van der Waals surface area contributed by atoms with Gasteiger partial charge in [0.05, 0.1) is 29.0 Å². The lowest BCUT2D eigenvalue weighted by molar-refractivity contribution is -0.113. The van der Waals surface area contributed by atoms with Crippen LogP contribution >= 0.6 is 11.3 Å². The smallest absolute Gasteiger partial charge is 0.387 e. The lowest BCUT2D eigenvalue weighted by atomic mass is 9.95. The number of hydrogen-bond donors (Lipinski definition) is 1. The Balaban J connectivity index is 1.68. The third kappa shape index (κ3) is 5.37. The minimum absolute atomic E-state index is 0.0539. The highest BCUT2D eigenvalue weighted by atomic mass is 32.1. The molecule has 0 saturated carbocycles. The van der Waals surface area contributed by atoms with E-state index in [-0.39, 0.29) is 10.3 Å². The number of carbonyl (C=O) groups is 1. The predicted octanol–water partition coefficient (Wildman–Crippen LogP) is 4.48. The molecule has 0 aliphatic carbocycles. The number of allylic oxidation sites excluding steroid dienone is 1. The molecule has 10 heteroatoms. The van der Waals surface area contributed by atoms with Crippen LogP contribution in [0.3, 0.4) is 0 Å². The van der Waals surface area contributed by atoms with Gasteiger partial charge >= 0.3 is 6.61 Å².